The van der Waals surface area contributed by atoms with Crippen LogP contribution in [-0.2, 0) is 13.6 Å². The summed E-state index contributed by atoms with van der Waals surface area (Å²) < 4.78 is 1.71. The second-order valence-corrected chi connectivity index (χ2v) is 1.95. The molecule has 0 aromatic carbocycles. The smallest absolute Gasteiger partial charge is 0.0991 e. The predicted molar refractivity (Wildman–Crippen MR) is 48.1 cm³/mol. The third-order valence-electron chi connectivity index (χ3n) is 1.40. The minimum atomic E-state index is 0. The lowest BCUT2D eigenvalue weighted by atomic mass is 10.3. The van der Waals surface area contributed by atoms with E-state index in [4.69, 9.17) is 5.73 Å². The minimum absolute atomic E-state index is 0. The zero-order valence-electron chi connectivity index (χ0n) is 6.44. The van der Waals surface area contributed by atoms with Crippen LogP contribution in [0, 0.1) is 6.92 Å². The number of nitrogens with two attached hydrogens (primary N) is 1. The van der Waals surface area contributed by atoms with Crippen LogP contribution in [0.4, 0.5) is 0 Å². The van der Waals surface area contributed by atoms with E-state index < -0.39 is 0 Å². The first kappa shape index (κ1) is 13.3. The minimum Gasteiger partial charge on any atom is -0.325 e. The summed E-state index contributed by atoms with van der Waals surface area (Å²) in [6, 6.07) is 0. The highest BCUT2D eigenvalue weighted by molar-refractivity contribution is 5.85. The molecule has 0 aliphatic heterocycles. The molecule has 1 aromatic rings. The summed E-state index contributed by atoms with van der Waals surface area (Å²) >= 11 is 0. The van der Waals surface area contributed by atoms with Crippen LogP contribution < -0.4 is 5.73 Å². The van der Waals surface area contributed by atoms with E-state index in [-0.39, 0.29) is 24.8 Å². The van der Waals surface area contributed by atoms with Gasteiger partial charge in [-0.05, 0) is 6.92 Å². The van der Waals surface area contributed by atoms with Crippen molar-refractivity contribution in [2.45, 2.75) is 13.5 Å². The Bertz CT molecular complexity index is 210. The summed E-state index contributed by atoms with van der Waals surface area (Å²) in [5, 5.41) is 7.60. The van der Waals surface area contributed by atoms with Gasteiger partial charge in [0.15, 0.2) is 0 Å². The molecule has 0 bridgehead atoms. The first-order valence-electron chi connectivity index (χ1n) is 2.81. The molecule has 0 aliphatic rings. The van der Waals surface area contributed by atoms with Gasteiger partial charge in [0.05, 0.1) is 11.4 Å². The van der Waals surface area contributed by atoms with Gasteiger partial charge in [0.25, 0.3) is 0 Å². The Labute approximate surface area is 78.0 Å². The zero-order chi connectivity index (χ0) is 6.85. The number of nitrogens with zero attached hydrogens (tertiary/aromatic N) is 3. The number of aromatic nitrogens is 3. The number of hydrogen-bond acceptors (Lipinski definition) is 3. The summed E-state index contributed by atoms with van der Waals surface area (Å²) in [5.41, 5.74) is 7.26. The van der Waals surface area contributed by atoms with E-state index in [0.717, 1.165) is 11.4 Å². The molecule has 6 heteroatoms. The van der Waals surface area contributed by atoms with Crippen molar-refractivity contribution in [3.05, 3.63) is 11.4 Å². The molecule has 0 atom stereocenters. The van der Waals surface area contributed by atoms with Crippen molar-refractivity contribution >= 4 is 24.8 Å². The van der Waals surface area contributed by atoms with Crippen LogP contribution in [0.5, 0.6) is 0 Å². The summed E-state index contributed by atoms with van der Waals surface area (Å²) in [6.07, 6.45) is 0. The largest absolute Gasteiger partial charge is 0.325 e. The Balaban J connectivity index is 0. The molecule has 0 amide bonds. The summed E-state index contributed by atoms with van der Waals surface area (Å²) in [4.78, 5) is 0. The summed E-state index contributed by atoms with van der Waals surface area (Å²) in [6.45, 7) is 2.42. The second-order valence-electron chi connectivity index (χ2n) is 1.95. The van der Waals surface area contributed by atoms with Gasteiger partial charge in [0.2, 0.25) is 0 Å². The monoisotopic (exact) mass is 198 g/mol. The highest BCUT2D eigenvalue weighted by atomic mass is 35.5. The van der Waals surface area contributed by atoms with Crippen LogP contribution in [-0.4, -0.2) is 15.0 Å². The molecule has 0 spiro atoms. The fourth-order valence-electron chi connectivity index (χ4n) is 0.636. The summed E-state index contributed by atoms with van der Waals surface area (Å²) in [5.74, 6) is 0. The van der Waals surface area contributed by atoms with E-state index in [1.165, 1.54) is 0 Å². The number of hydrogen-bond donors (Lipinski definition) is 1. The van der Waals surface area contributed by atoms with Crippen molar-refractivity contribution in [2.24, 2.45) is 12.8 Å². The molecule has 0 fully saturated rings. The Morgan fingerprint density at radius 3 is 2.18 bits per heavy atom. The average Bonchev–Trinajstić information content (AvgIpc) is 2.15. The maximum absolute atomic E-state index is 5.35. The van der Waals surface area contributed by atoms with Crippen LogP contribution in [0.1, 0.15) is 11.4 Å². The van der Waals surface area contributed by atoms with Gasteiger partial charge in [-0.25, -0.2) is 0 Å². The SMILES string of the molecule is Cc1c(CN)nnn1C.Cl.Cl. The zero-order valence-corrected chi connectivity index (χ0v) is 8.08. The molecule has 1 rings (SSSR count). The van der Waals surface area contributed by atoms with Crippen molar-refractivity contribution in [3.8, 4) is 0 Å². The highest BCUT2D eigenvalue weighted by Crippen LogP contribution is 1.98. The molecule has 0 unspecified atom stereocenters. The highest BCUT2D eigenvalue weighted by Gasteiger charge is 2.00. The molecule has 66 valence electrons. The van der Waals surface area contributed by atoms with Gasteiger partial charge in [-0.15, -0.1) is 29.9 Å². The lowest BCUT2D eigenvalue weighted by molar-refractivity contribution is 0.696. The molecular weight excluding hydrogens is 187 g/mol. The van der Waals surface area contributed by atoms with Gasteiger partial charge in [-0.2, -0.15) is 0 Å². The Kier molecular flexibility index (Phi) is 6.46. The van der Waals surface area contributed by atoms with Crippen molar-refractivity contribution in [1.29, 1.82) is 0 Å². The molecule has 1 heterocycles. The van der Waals surface area contributed by atoms with Crippen LogP contribution in [0.15, 0.2) is 0 Å². The van der Waals surface area contributed by atoms with Gasteiger partial charge >= 0.3 is 0 Å². The van der Waals surface area contributed by atoms with Gasteiger partial charge in [0.1, 0.15) is 0 Å². The van der Waals surface area contributed by atoms with E-state index >= 15 is 0 Å². The average molecular weight is 199 g/mol. The Hall–Kier alpha value is -0.320. The van der Waals surface area contributed by atoms with Crippen molar-refractivity contribution in [1.82, 2.24) is 15.0 Å². The number of aryl methyl sites for hydroxylation is 1. The van der Waals surface area contributed by atoms with E-state index in [9.17, 15) is 0 Å². The topological polar surface area (TPSA) is 56.7 Å². The molecular formula is C5H12Cl2N4. The maximum atomic E-state index is 5.35. The fraction of sp³-hybridized carbons (Fsp3) is 0.600. The lowest BCUT2D eigenvalue weighted by Gasteiger charge is -1.90. The van der Waals surface area contributed by atoms with Crippen LogP contribution in [0.25, 0.3) is 0 Å². The molecule has 11 heavy (non-hydrogen) atoms. The van der Waals surface area contributed by atoms with Gasteiger partial charge in [-0.3, -0.25) is 4.68 Å². The molecule has 0 saturated carbocycles. The quantitative estimate of drug-likeness (QED) is 0.713. The lowest BCUT2D eigenvalue weighted by Crippen LogP contribution is -1.99. The molecule has 0 saturated heterocycles. The van der Waals surface area contributed by atoms with E-state index in [1.54, 1.807) is 4.68 Å². The van der Waals surface area contributed by atoms with Crippen LogP contribution in [0.2, 0.25) is 0 Å². The first-order chi connectivity index (χ1) is 4.25. The fourth-order valence-corrected chi connectivity index (χ4v) is 0.636. The number of halogens is 2. The molecule has 4 nitrogen and oxygen atoms in total. The molecule has 0 radical (unpaired) electrons. The normalized spacial score (nSPS) is 8.27. The predicted octanol–water partition coefficient (Wildman–Crippen LogP) is 0.426. The van der Waals surface area contributed by atoms with E-state index in [0.29, 0.717) is 6.54 Å². The van der Waals surface area contributed by atoms with Crippen LogP contribution >= 0.6 is 24.8 Å². The molecule has 1 aromatic heterocycles. The summed E-state index contributed by atoms with van der Waals surface area (Å²) in [7, 11) is 1.85. The van der Waals surface area contributed by atoms with Crippen molar-refractivity contribution in [3.63, 3.8) is 0 Å². The third kappa shape index (κ3) is 2.65. The van der Waals surface area contributed by atoms with Crippen LogP contribution in [0.3, 0.4) is 0 Å². The standard InChI is InChI=1S/C5H10N4.2ClH/c1-4-5(3-6)7-8-9(4)2;;/h3,6H2,1-2H3;2*1H. The first-order valence-corrected chi connectivity index (χ1v) is 2.81. The molecule has 2 N–H and O–H groups in total. The van der Waals surface area contributed by atoms with E-state index in [1.807, 2.05) is 14.0 Å². The van der Waals surface area contributed by atoms with Gasteiger partial charge in [0, 0.05) is 13.6 Å². The number of rotatable bonds is 1. The van der Waals surface area contributed by atoms with E-state index in [2.05, 4.69) is 10.3 Å². The third-order valence-corrected chi connectivity index (χ3v) is 1.40. The second kappa shape index (κ2) is 5.35. The Morgan fingerprint density at radius 1 is 1.45 bits per heavy atom. The van der Waals surface area contributed by atoms with Gasteiger partial charge in [-0.1, -0.05) is 5.21 Å². The van der Waals surface area contributed by atoms with Gasteiger partial charge < -0.3 is 5.73 Å². The van der Waals surface area contributed by atoms with Crippen molar-refractivity contribution in [2.75, 3.05) is 0 Å². The Morgan fingerprint density at radius 2 is 2.00 bits per heavy atom. The molecule has 0 aliphatic carbocycles. The maximum Gasteiger partial charge on any atom is 0.0991 e. The van der Waals surface area contributed by atoms with Crippen molar-refractivity contribution < 1.29 is 0 Å².